The van der Waals surface area contributed by atoms with Crippen LogP contribution in [0.4, 0.5) is 0 Å². The number of carbonyl (C=O) groups is 1. The van der Waals surface area contributed by atoms with Crippen LogP contribution in [0.5, 0.6) is 0 Å². The van der Waals surface area contributed by atoms with Crippen LogP contribution in [0.2, 0.25) is 0 Å². The molecule has 0 bridgehead atoms. The molecule has 0 aromatic carbocycles. The average Bonchev–Trinajstić information content (AvgIpc) is 2.65. The number of aliphatic carboxylic acids is 1. The molecule has 0 unspecified atom stereocenters. The molecule has 0 amide bonds. The standard InChI is InChI=1S/C9H13N3O2S/c13-8(14)6-4-2-1-3-5(6)7-10-9(15)12-11-7/h5-6H,1-4H2,(H,13,14)(H2,10,11,12,15)/p-1/t5-,6+/m1/s1. The molecule has 1 fully saturated rings. The fourth-order valence-corrected chi connectivity index (χ4v) is 2.35. The van der Waals surface area contributed by atoms with Gasteiger partial charge in [-0.25, -0.2) is 4.98 Å². The summed E-state index contributed by atoms with van der Waals surface area (Å²) in [5, 5.41) is 16.5. The van der Waals surface area contributed by atoms with E-state index in [9.17, 15) is 9.90 Å². The Morgan fingerprint density at radius 3 is 2.73 bits per heavy atom. The molecule has 1 aromatic rings. The van der Waals surface area contributed by atoms with E-state index in [2.05, 4.69) is 15.2 Å². The molecule has 15 heavy (non-hydrogen) atoms. The molecule has 0 radical (unpaired) electrons. The zero-order valence-electron chi connectivity index (χ0n) is 8.16. The van der Waals surface area contributed by atoms with Gasteiger partial charge >= 0.3 is 0 Å². The summed E-state index contributed by atoms with van der Waals surface area (Å²) in [5.74, 6) is -0.861. The lowest BCUT2D eigenvalue weighted by Gasteiger charge is -2.30. The summed E-state index contributed by atoms with van der Waals surface area (Å²) in [6.07, 6.45) is 3.47. The maximum Gasteiger partial charge on any atom is 0.213 e. The van der Waals surface area contributed by atoms with Crippen LogP contribution in [0.1, 0.15) is 37.4 Å². The largest absolute Gasteiger partial charge is 0.550 e. The van der Waals surface area contributed by atoms with Gasteiger partial charge in [0.15, 0.2) is 0 Å². The van der Waals surface area contributed by atoms with Crippen molar-refractivity contribution in [2.75, 3.05) is 0 Å². The van der Waals surface area contributed by atoms with E-state index in [-0.39, 0.29) is 5.92 Å². The highest BCUT2D eigenvalue weighted by atomic mass is 32.1. The summed E-state index contributed by atoms with van der Waals surface area (Å²) >= 11 is 4.85. The molecule has 1 aromatic heterocycles. The molecule has 0 spiro atoms. The van der Waals surface area contributed by atoms with E-state index in [0.29, 0.717) is 17.0 Å². The monoisotopic (exact) mass is 226 g/mol. The van der Waals surface area contributed by atoms with Crippen LogP contribution in [-0.2, 0) is 4.79 Å². The number of H-pyrrole nitrogens is 2. The van der Waals surface area contributed by atoms with E-state index in [4.69, 9.17) is 12.2 Å². The second-order valence-electron chi connectivity index (χ2n) is 3.87. The number of rotatable bonds is 2. The Bertz CT molecular complexity index is 411. The smallest absolute Gasteiger partial charge is 0.213 e. The van der Waals surface area contributed by atoms with Gasteiger partial charge in [0.1, 0.15) is 5.82 Å². The molecular weight excluding hydrogens is 214 g/mol. The highest BCUT2D eigenvalue weighted by Gasteiger charge is 2.29. The van der Waals surface area contributed by atoms with Gasteiger partial charge in [-0.1, -0.05) is 12.8 Å². The quantitative estimate of drug-likeness (QED) is 0.719. The number of carboxylic acids is 1. The second-order valence-corrected chi connectivity index (χ2v) is 4.26. The predicted molar refractivity (Wildman–Crippen MR) is 53.5 cm³/mol. The minimum Gasteiger partial charge on any atom is -0.550 e. The maximum absolute atomic E-state index is 11.0. The number of carbonyl (C=O) groups excluding carboxylic acids is 1. The molecular formula is C9H12N3O2S-. The molecule has 5 nitrogen and oxygen atoms in total. The van der Waals surface area contributed by atoms with Crippen LogP contribution in [0, 0.1) is 10.7 Å². The third-order valence-corrected chi connectivity index (χ3v) is 3.13. The number of carboxylic acid groups (broad SMARTS) is 1. The number of nitrogens with one attached hydrogen (secondary N) is 2. The first kappa shape index (κ1) is 10.4. The van der Waals surface area contributed by atoms with Gasteiger partial charge < -0.3 is 9.90 Å². The molecule has 6 heteroatoms. The Morgan fingerprint density at radius 2 is 2.13 bits per heavy atom. The van der Waals surface area contributed by atoms with E-state index in [1.54, 1.807) is 0 Å². The van der Waals surface area contributed by atoms with Gasteiger partial charge in [0.25, 0.3) is 0 Å². The molecule has 1 heterocycles. The van der Waals surface area contributed by atoms with Crippen molar-refractivity contribution in [2.24, 2.45) is 5.92 Å². The number of nitrogens with zero attached hydrogens (tertiary/aromatic N) is 1. The molecule has 0 saturated heterocycles. The van der Waals surface area contributed by atoms with Gasteiger partial charge in [-0.15, -0.1) is 0 Å². The van der Waals surface area contributed by atoms with Gasteiger partial charge in [-0.3, -0.25) is 10.2 Å². The SMILES string of the molecule is O=C([O-])[C@H]1CCCC[C@H]1c1nc(=S)[nH][nH]1. The summed E-state index contributed by atoms with van der Waals surface area (Å²) < 4.78 is 0.368. The molecule has 2 rings (SSSR count). The Kier molecular flexibility index (Phi) is 2.86. The predicted octanol–water partition coefficient (Wildman–Crippen LogP) is 0.491. The first-order valence-electron chi connectivity index (χ1n) is 5.04. The number of hydrogen-bond acceptors (Lipinski definition) is 4. The molecule has 0 aliphatic heterocycles. The van der Waals surface area contributed by atoms with Gasteiger partial charge in [-0.2, -0.15) is 0 Å². The van der Waals surface area contributed by atoms with Crippen molar-refractivity contribution in [2.45, 2.75) is 31.6 Å². The average molecular weight is 226 g/mol. The summed E-state index contributed by atoms with van der Waals surface area (Å²) in [4.78, 5) is 15.0. The van der Waals surface area contributed by atoms with Crippen LogP contribution in [0.15, 0.2) is 0 Å². The highest BCUT2D eigenvalue weighted by Crippen LogP contribution is 2.35. The molecule has 2 N–H and O–H groups in total. The van der Waals surface area contributed by atoms with E-state index in [1.807, 2.05) is 0 Å². The fourth-order valence-electron chi connectivity index (χ4n) is 2.20. The lowest BCUT2D eigenvalue weighted by atomic mass is 9.79. The van der Waals surface area contributed by atoms with Crippen LogP contribution < -0.4 is 5.11 Å². The Hall–Kier alpha value is -1.17. The number of aromatic amines is 2. The third-order valence-electron chi connectivity index (χ3n) is 2.94. The van der Waals surface area contributed by atoms with Crippen LogP contribution in [0.25, 0.3) is 0 Å². The van der Waals surface area contributed by atoms with Crippen LogP contribution in [0.3, 0.4) is 0 Å². The Labute approximate surface area is 91.9 Å². The number of hydrogen-bond donors (Lipinski definition) is 2. The molecule has 1 aliphatic carbocycles. The summed E-state index contributed by atoms with van der Waals surface area (Å²) in [5.41, 5.74) is 0. The summed E-state index contributed by atoms with van der Waals surface area (Å²) in [7, 11) is 0. The second kappa shape index (κ2) is 4.14. The lowest BCUT2D eigenvalue weighted by molar-refractivity contribution is -0.313. The maximum atomic E-state index is 11.0. The zero-order chi connectivity index (χ0) is 10.8. The van der Waals surface area contributed by atoms with Crippen LogP contribution in [-0.4, -0.2) is 21.2 Å². The first-order chi connectivity index (χ1) is 7.18. The highest BCUT2D eigenvalue weighted by molar-refractivity contribution is 7.71. The topological polar surface area (TPSA) is 84.6 Å². The van der Waals surface area contributed by atoms with Gasteiger partial charge in [0.2, 0.25) is 4.77 Å². The van der Waals surface area contributed by atoms with E-state index >= 15 is 0 Å². The van der Waals surface area contributed by atoms with E-state index < -0.39 is 11.9 Å². The summed E-state index contributed by atoms with van der Waals surface area (Å²) in [6, 6.07) is 0. The first-order valence-corrected chi connectivity index (χ1v) is 5.45. The summed E-state index contributed by atoms with van der Waals surface area (Å²) in [6.45, 7) is 0. The normalized spacial score (nSPS) is 26.4. The van der Waals surface area contributed by atoms with Crippen molar-refractivity contribution in [3.05, 3.63) is 10.6 Å². The van der Waals surface area contributed by atoms with Crippen molar-refractivity contribution < 1.29 is 9.90 Å². The van der Waals surface area contributed by atoms with Crippen molar-refractivity contribution >= 4 is 18.2 Å². The zero-order valence-corrected chi connectivity index (χ0v) is 8.97. The van der Waals surface area contributed by atoms with Crippen molar-refractivity contribution in [3.63, 3.8) is 0 Å². The Balaban J connectivity index is 2.25. The fraction of sp³-hybridized carbons (Fsp3) is 0.667. The van der Waals surface area contributed by atoms with Crippen molar-refractivity contribution in [1.82, 2.24) is 15.2 Å². The lowest BCUT2D eigenvalue weighted by Crippen LogP contribution is -2.37. The van der Waals surface area contributed by atoms with Crippen LogP contribution >= 0.6 is 12.2 Å². The number of aromatic nitrogens is 3. The third kappa shape index (κ3) is 2.09. The molecule has 2 atom stereocenters. The minimum atomic E-state index is -0.984. The van der Waals surface area contributed by atoms with Gasteiger partial charge in [-0.05, 0) is 25.1 Å². The van der Waals surface area contributed by atoms with E-state index in [1.165, 1.54) is 0 Å². The van der Waals surface area contributed by atoms with Crippen molar-refractivity contribution in [3.8, 4) is 0 Å². The minimum absolute atomic E-state index is 0.0864. The molecule has 1 saturated carbocycles. The van der Waals surface area contributed by atoms with Gasteiger partial charge in [0, 0.05) is 17.8 Å². The van der Waals surface area contributed by atoms with Crippen molar-refractivity contribution in [1.29, 1.82) is 0 Å². The molecule has 82 valence electrons. The Morgan fingerprint density at radius 1 is 1.40 bits per heavy atom. The van der Waals surface area contributed by atoms with Gasteiger partial charge in [0.05, 0.1) is 0 Å². The van der Waals surface area contributed by atoms with E-state index in [0.717, 1.165) is 19.3 Å². The molecule has 1 aliphatic rings.